The van der Waals surface area contributed by atoms with Crippen LogP contribution in [0.2, 0.25) is 0 Å². The first-order chi connectivity index (χ1) is 19.0. The molecule has 0 saturated heterocycles. The number of alkyl halides is 3. The van der Waals surface area contributed by atoms with Crippen molar-refractivity contribution in [3.63, 3.8) is 0 Å². The van der Waals surface area contributed by atoms with E-state index in [1.165, 1.54) is 24.3 Å². The number of hydrogen-bond acceptors (Lipinski definition) is 3. The number of rotatable bonds is 7. The van der Waals surface area contributed by atoms with Crippen LogP contribution in [0.4, 0.5) is 13.2 Å². The molecule has 0 unspecified atom stereocenters. The summed E-state index contributed by atoms with van der Waals surface area (Å²) in [6.07, 6.45) is -0.816. The molecule has 3 aromatic carbocycles. The molecule has 1 amide bonds. The van der Waals surface area contributed by atoms with Gasteiger partial charge in [0.2, 0.25) is 0 Å². The highest BCUT2D eigenvalue weighted by Crippen LogP contribution is 2.31. The lowest BCUT2D eigenvalue weighted by Gasteiger charge is -2.17. The summed E-state index contributed by atoms with van der Waals surface area (Å²) in [5, 5.41) is 17.4. The molecule has 7 nitrogen and oxygen atoms in total. The zero-order chi connectivity index (χ0) is 28.6. The van der Waals surface area contributed by atoms with E-state index < -0.39 is 23.8 Å². The van der Waals surface area contributed by atoms with Gasteiger partial charge in [0.05, 0.1) is 33.9 Å². The number of aromatic carboxylic acids is 1. The van der Waals surface area contributed by atoms with Crippen LogP contribution >= 0.6 is 0 Å². The topological polar surface area (TPSA) is 89.2 Å². The summed E-state index contributed by atoms with van der Waals surface area (Å²) >= 11 is 0. The van der Waals surface area contributed by atoms with Crippen LogP contribution in [-0.2, 0) is 19.8 Å². The SMILES string of the molecule is C[C@H](NC(=O)c1cc(-c2ccn(C)n2)cc2ccn(Cc3ccc(C(F)(F)F)cc3)c12)c1ccc(C(=O)O)cc1. The number of carbonyl (C=O) groups is 2. The van der Waals surface area contributed by atoms with Crippen LogP contribution in [0, 0.1) is 0 Å². The average Bonchev–Trinajstić information content (AvgIpc) is 3.54. The van der Waals surface area contributed by atoms with E-state index in [1.54, 1.807) is 49.2 Å². The van der Waals surface area contributed by atoms with Gasteiger partial charge in [-0.05, 0) is 66.6 Å². The van der Waals surface area contributed by atoms with Crippen molar-refractivity contribution in [2.24, 2.45) is 7.05 Å². The Kier molecular flexibility index (Phi) is 6.93. The molecule has 2 N–H and O–H groups in total. The van der Waals surface area contributed by atoms with Crippen molar-refractivity contribution in [1.29, 1.82) is 0 Å². The lowest BCUT2D eigenvalue weighted by Crippen LogP contribution is -2.27. The highest BCUT2D eigenvalue weighted by molar-refractivity contribution is 6.08. The Hall–Kier alpha value is -4.86. The van der Waals surface area contributed by atoms with Gasteiger partial charge in [-0.3, -0.25) is 9.48 Å². The molecule has 10 heteroatoms. The molecular weight excluding hydrogens is 521 g/mol. The Morgan fingerprint density at radius 1 is 0.975 bits per heavy atom. The van der Waals surface area contributed by atoms with Gasteiger partial charge in [0.15, 0.2) is 0 Å². The van der Waals surface area contributed by atoms with E-state index in [-0.39, 0.29) is 18.0 Å². The third kappa shape index (κ3) is 5.47. The first-order valence-electron chi connectivity index (χ1n) is 12.4. The Labute approximate surface area is 227 Å². The largest absolute Gasteiger partial charge is 0.478 e. The zero-order valence-corrected chi connectivity index (χ0v) is 21.6. The molecule has 40 heavy (non-hydrogen) atoms. The molecular formula is C30H25F3N4O3. The van der Waals surface area contributed by atoms with E-state index in [9.17, 15) is 22.8 Å². The number of amides is 1. The van der Waals surface area contributed by atoms with Crippen molar-refractivity contribution in [2.45, 2.75) is 25.7 Å². The van der Waals surface area contributed by atoms with Gasteiger partial charge in [-0.1, -0.05) is 24.3 Å². The summed E-state index contributed by atoms with van der Waals surface area (Å²) in [4.78, 5) is 24.9. The summed E-state index contributed by atoms with van der Waals surface area (Å²) in [6, 6.07) is 18.2. The normalized spacial score (nSPS) is 12.4. The van der Waals surface area contributed by atoms with E-state index in [0.717, 1.165) is 28.6 Å². The number of hydrogen-bond donors (Lipinski definition) is 2. The molecule has 0 saturated carbocycles. The Bertz CT molecular complexity index is 1700. The summed E-state index contributed by atoms with van der Waals surface area (Å²) in [5.41, 5.74) is 3.24. The lowest BCUT2D eigenvalue weighted by atomic mass is 10.0. The number of nitrogens with one attached hydrogen (secondary N) is 1. The monoisotopic (exact) mass is 546 g/mol. The molecule has 0 aliphatic carbocycles. The van der Waals surface area contributed by atoms with Crippen molar-refractivity contribution in [3.8, 4) is 11.3 Å². The number of aromatic nitrogens is 3. The van der Waals surface area contributed by atoms with Crippen LogP contribution < -0.4 is 5.32 Å². The molecule has 0 spiro atoms. The molecule has 1 atom stereocenters. The number of carbonyl (C=O) groups excluding carboxylic acids is 1. The highest BCUT2D eigenvalue weighted by Gasteiger charge is 2.30. The smallest absolute Gasteiger partial charge is 0.416 e. The molecule has 5 aromatic rings. The van der Waals surface area contributed by atoms with E-state index in [1.807, 2.05) is 22.8 Å². The Morgan fingerprint density at radius 3 is 2.27 bits per heavy atom. The molecule has 2 heterocycles. The summed E-state index contributed by atoms with van der Waals surface area (Å²) < 4.78 is 42.6. The van der Waals surface area contributed by atoms with Gasteiger partial charge in [-0.25, -0.2) is 4.79 Å². The summed E-state index contributed by atoms with van der Waals surface area (Å²) in [5.74, 6) is -1.39. The first-order valence-corrected chi connectivity index (χ1v) is 12.4. The van der Waals surface area contributed by atoms with Gasteiger partial charge in [0.25, 0.3) is 5.91 Å². The number of carboxylic acid groups (broad SMARTS) is 1. The second-order valence-electron chi connectivity index (χ2n) is 9.60. The second kappa shape index (κ2) is 10.4. The fourth-order valence-electron chi connectivity index (χ4n) is 4.64. The van der Waals surface area contributed by atoms with Gasteiger partial charge in [0.1, 0.15) is 0 Å². The molecule has 0 radical (unpaired) electrons. The van der Waals surface area contributed by atoms with Crippen LogP contribution in [0.1, 0.15) is 50.4 Å². The molecule has 0 bridgehead atoms. The van der Waals surface area contributed by atoms with Crippen molar-refractivity contribution in [3.05, 3.63) is 113 Å². The van der Waals surface area contributed by atoms with Crippen LogP contribution in [0.25, 0.3) is 22.2 Å². The zero-order valence-electron chi connectivity index (χ0n) is 21.6. The number of halogens is 3. The standard InChI is InChI=1S/C30H25F3N4O3/c1-18(20-5-7-21(8-6-20)29(39)40)34-28(38)25-16-23(26-12-13-36(2)35-26)15-22-11-14-37(27(22)25)17-19-3-9-24(10-4-19)30(31,32)33/h3-16,18H,17H2,1-2H3,(H,34,38)(H,39,40)/t18-/m0/s1. The molecule has 204 valence electrons. The van der Waals surface area contributed by atoms with Gasteiger partial charge < -0.3 is 15.0 Å². The number of nitrogens with zero attached hydrogens (tertiary/aromatic N) is 3. The lowest BCUT2D eigenvalue weighted by molar-refractivity contribution is -0.137. The fourth-order valence-corrected chi connectivity index (χ4v) is 4.64. The second-order valence-corrected chi connectivity index (χ2v) is 9.60. The molecule has 0 aliphatic heterocycles. The maximum atomic E-state index is 13.7. The first kappa shape index (κ1) is 26.7. The fraction of sp³-hybridized carbons (Fsp3) is 0.167. The van der Waals surface area contributed by atoms with E-state index in [0.29, 0.717) is 22.3 Å². The molecule has 5 rings (SSSR count). The molecule has 0 aliphatic rings. The number of benzene rings is 3. The van der Waals surface area contributed by atoms with Crippen molar-refractivity contribution >= 4 is 22.8 Å². The maximum absolute atomic E-state index is 13.7. The van der Waals surface area contributed by atoms with Gasteiger partial charge >= 0.3 is 12.1 Å². The minimum absolute atomic E-state index is 0.146. The van der Waals surface area contributed by atoms with E-state index in [4.69, 9.17) is 5.11 Å². The minimum atomic E-state index is -4.42. The minimum Gasteiger partial charge on any atom is -0.478 e. The van der Waals surface area contributed by atoms with Crippen molar-refractivity contribution in [2.75, 3.05) is 0 Å². The highest BCUT2D eigenvalue weighted by atomic mass is 19.4. The van der Waals surface area contributed by atoms with Crippen LogP contribution in [0.3, 0.4) is 0 Å². The third-order valence-electron chi connectivity index (χ3n) is 6.75. The van der Waals surface area contributed by atoms with Gasteiger partial charge in [0, 0.05) is 36.9 Å². The third-order valence-corrected chi connectivity index (χ3v) is 6.75. The quantitative estimate of drug-likeness (QED) is 0.251. The Balaban J connectivity index is 1.51. The van der Waals surface area contributed by atoms with Gasteiger partial charge in [-0.2, -0.15) is 18.3 Å². The van der Waals surface area contributed by atoms with Gasteiger partial charge in [-0.15, -0.1) is 0 Å². The predicted octanol–water partition coefficient (Wildman–Crippen LogP) is 6.30. The summed E-state index contributed by atoms with van der Waals surface area (Å²) in [6.45, 7) is 2.06. The molecule has 0 fully saturated rings. The number of fused-ring (bicyclic) bond motifs is 1. The van der Waals surface area contributed by atoms with Crippen LogP contribution in [0.15, 0.2) is 85.2 Å². The van der Waals surface area contributed by atoms with Crippen LogP contribution in [0.5, 0.6) is 0 Å². The average molecular weight is 547 g/mol. The Morgan fingerprint density at radius 2 is 1.68 bits per heavy atom. The van der Waals surface area contributed by atoms with E-state index >= 15 is 0 Å². The summed E-state index contributed by atoms with van der Waals surface area (Å²) in [7, 11) is 1.80. The maximum Gasteiger partial charge on any atom is 0.416 e. The molecule has 2 aromatic heterocycles. The number of carboxylic acids is 1. The van der Waals surface area contributed by atoms with Crippen molar-refractivity contribution in [1.82, 2.24) is 19.7 Å². The van der Waals surface area contributed by atoms with Crippen LogP contribution in [-0.4, -0.2) is 31.3 Å². The van der Waals surface area contributed by atoms with E-state index in [2.05, 4.69) is 10.4 Å². The van der Waals surface area contributed by atoms with Crippen molar-refractivity contribution < 1.29 is 27.9 Å². The number of aryl methyl sites for hydroxylation is 1. The predicted molar refractivity (Wildman–Crippen MR) is 144 cm³/mol.